The van der Waals surface area contributed by atoms with Gasteiger partial charge in [-0.15, -0.1) is 14.1 Å². The third-order valence-electron chi connectivity index (χ3n) is 5.53. The Morgan fingerprint density at radius 3 is 2.44 bits per heavy atom. The van der Waals surface area contributed by atoms with Gasteiger partial charge in [-0.05, 0) is 12.5 Å². The second-order valence-electron chi connectivity index (χ2n) is 9.96. The maximum absolute atomic E-state index is 14.8. The Hall–Kier alpha value is -3.23. The van der Waals surface area contributed by atoms with Crippen LogP contribution < -0.4 is 15.4 Å². The Morgan fingerprint density at radius 2 is 1.82 bits per heavy atom. The van der Waals surface area contributed by atoms with E-state index in [4.69, 9.17) is 14.2 Å². The molecule has 2 N–H and O–H groups in total. The number of alkyl halides is 3. The van der Waals surface area contributed by atoms with Crippen LogP contribution in [0.1, 0.15) is 12.0 Å². The Morgan fingerprint density at radius 1 is 1.13 bits per heavy atom. The molecule has 0 aliphatic rings. The van der Waals surface area contributed by atoms with Gasteiger partial charge in [-0.3, -0.25) is 0 Å². The topological polar surface area (TPSA) is 86.6 Å². The van der Waals surface area contributed by atoms with Crippen molar-refractivity contribution in [2.75, 3.05) is 32.2 Å². The Kier molecular flexibility index (Phi) is 9.91. The van der Waals surface area contributed by atoms with Crippen LogP contribution in [-0.4, -0.2) is 50.5 Å². The van der Waals surface area contributed by atoms with Gasteiger partial charge in [0, 0.05) is 57.1 Å². The Labute approximate surface area is 223 Å². The van der Waals surface area contributed by atoms with Gasteiger partial charge in [-0.1, -0.05) is 0 Å². The van der Waals surface area contributed by atoms with Crippen molar-refractivity contribution >= 4 is 30.8 Å². The molecule has 39 heavy (non-hydrogen) atoms. The minimum absolute atomic E-state index is 0.114. The van der Waals surface area contributed by atoms with Gasteiger partial charge in [0.15, 0.2) is 17.4 Å². The van der Waals surface area contributed by atoms with Crippen LogP contribution in [0.2, 0.25) is 25.7 Å². The number of methoxy groups -OCH3 is 1. The lowest BCUT2D eigenvalue weighted by atomic mass is 10.2. The van der Waals surface area contributed by atoms with Crippen molar-refractivity contribution in [1.82, 2.24) is 14.9 Å². The molecule has 3 aromatic rings. The van der Waals surface area contributed by atoms with Crippen molar-refractivity contribution in [3.63, 3.8) is 0 Å². The number of aromatic nitrogens is 2. The van der Waals surface area contributed by atoms with E-state index in [-0.39, 0.29) is 24.6 Å². The summed E-state index contributed by atoms with van der Waals surface area (Å²) in [5.74, 6) is -3.82. The summed E-state index contributed by atoms with van der Waals surface area (Å²) in [6, 6.07) is 2.81. The average molecular weight is 575 g/mol. The van der Waals surface area contributed by atoms with Gasteiger partial charge >= 0.3 is 12.2 Å². The van der Waals surface area contributed by atoms with Crippen LogP contribution in [0.25, 0.3) is 11.0 Å². The molecule has 8 nitrogen and oxygen atoms in total. The van der Waals surface area contributed by atoms with E-state index >= 15 is 0 Å². The van der Waals surface area contributed by atoms with Gasteiger partial charge in [0.25, 0.3) is 0 Å². The predicted molar refractivity (Wildman–Crippen MR) is 139 cm³/mol. The van der Waals surface area contributed by atoms with E-state index < -0.39 is 54.4 Å². The zero-order chi connectivity index (χ0) is 28.8. The number of fused-ring (bicyclic) bond motifs is 1. The molecule has 0 spiro atoms. The fourth-order valence-electron chi connectivity index (χ4n) is 3.56. The van der Waals surface area contributed by atoms with E-state index in [9.17, 15) is 26.7 Å². The lowest BCUT2D eigenvalue weighted by Crippen LogP contribution is -2.30. The third kappa shape index (κ3) is 8.37. The number of halogens is 5. The first-order chi connectivity index (χ1) is 18.3. The normalized spacial score (nSPS) is 12.1. The largest absolute Gasteiger partial charge is 0.450 e. The molecule has 0 aliphatic carbocycles. The molecule has 2 amide bonds. The number of carbonyl (C=O) groups excluding carboxylic acids is 1. The molecule has 0 bridgehead atoms. The molecule has 14 heteroatoms. The summed E-state index contributed by atoms with van der Waals surface area (Å²) in [5, 5.41) is 4.32. The van der Waals surface area contributed by atoms with Crippen molar-refractivity contribution in [2.24, 2.45) is 0 Å². The second kappa shape index (κ2) is 12.7. The van der Waals surface area contributed by atoms with Gasteiger partial charge < -0.3 is 29.4 Å². The van der Waals surface area contributed by atoms with Crippen LogP contribution in [0.15, 0.2) is 30.6 Å². The number of benzene rings is 1. The van der Waals surface area contributed by atoms with Crippen LogP contribution in [0.5, 0.6) is 11.5 Å². The molecule has 2 heterocycles. The molecular weight excluding hydrogens is 543 g/mol. The van der Waals surface area contributed by atoms with Gasteiger partial charge in [-0.2, -0.15) is 32.8 Å². The van der Waals surface area contributed by atoms with Crippen LogP contribution in [0.4, 0.5) is 32.4 Å². The fraction of sp³-hybridized carbons (Fsp3) is 0.440. The molecule has 1 aromatic carbocycles. The highest BCUT2D eigenvalue weighted by Gasteiger charge is 2.37. The molecular formula is C25H31F5N4O4Si-. The van der Waals surface area contributed by atoms with Gasteiger partial charge in [0.2, 0.25) is 0 Å². The van der Waals surface area contributed by atoms with E-state index in [1.165, 1.54) is 17.9 Å². The van der Waals surface area contributed by atoms with Crippen molar-refractivity contribution < 1.29 is 41.0 Å². The first kappa shape index (κ1) is 30.3. The zero-order valence-electron chi connectivity index (χ0n) is 22.0. The number of amides is 2. The zero-order valence-corrected chi connectivity index (χ0v) is 23.0. The minimum Gasteiger partial charge on any atom is -0.450 e. The number of nitrogens with zero attached hydrogens (tertiary/aromatic N) is 2. The first-order valence-electron chi connectivity index (χ1n) is 12.1. The van der Waals surface area contributed by atoms with Gasteiger partial charge in [0.1, 0.15) is 18.1 Å². The Bertz CT molecular complexity index is 1270. The smallest absolute Gasteiger partial charge is 0.418 e. The summed E-state index contributed by atoms with van der Waals surface area (Å²) >= 11 is 0. The van der Waals surface area contributed by atoms with Crippen molar-refractivity contribution in [3.05, 3.63) is 47.8 Å². The third-order valence-corrected chi connectivity index (χ3v) is 7.23. The Balaban J connectivity index is 1.86. The number of nitrogens with one attached hydrogen (secondary N) is 2. The highest BCUT2D eigenvalue weighted by molar-refractivity contribution is 6.76. The predicted octanol–water partition coefficient (Wildman–Crippen LogP) is 6.60. The monoisotopic (exact) mass is 574 g/mol. The van der Waals surface area contributed by atoms with Crippen LogP contribution >= 0.6 is 0 Å². The number of pyridine rings is 1. The van der Waals surface area contributed by atoms with E-state index in [1.54, 1.807) is 0 Å². The number of urea groups is 1. The number of carbonyl (C=O) groups is 1. The average Bonchev–Trinajstić information content (AvgIpc) is 3.21. The van der Waals surface area contributed by atoms with E-state index in [0.29, 0.717) is 19.6 Å². The SMILES string of the molecule is COCCCNC(=O)Nc1cc(F)c(Oc2ccnc3c2c(C(F)(F)F)cn3COCC[Si-](C)(C)C)c(F)c1. The summed E-state index contributed by atoms with van der Waals surface area (Å²) in [4.78, 5) is 16.0. The second-order valence-corrected chi connectivity index (χ2v) is 15.6. The lowest BCUT2D eigenvalue weighted by Gasteiger charge is -2.26. The minimum atomic E-state index is -4.80. The summed E-state index contributed by atoms with van der Waals surface area (Å²) in [6.45, 7) is 7.31. The van der Waals surface area contributed by atoms with Crippen molar-refractivity contribution in [2.45, 2.75) is 45.0 Å². The number of rotatable bonds is 12. The number of anilines is 1. The summed E-state index contributed by atoms with van der Waals surface area (Å²) < 4.78 is 88.4. The molecule has 2 aromatic heterocycles. The fourth-order valence-corrected chi connectivity index (χ4v) is 4.32. The van der Waals surface area contributed by atoms with Crippen LogP contribution in [0.3, 0.4) is 0 Å². The van der Waals surface area contributed by atoms with E-state index in [1.807, 2.05) is 0 Å². The molecule has 0 fully saturated rings. The van der Waals surface area contributed by atoms with Crippen molar-refractivity contribution in [1.29, 1.82) is 0 Å². The van der Waals surface area contributed by atoms with E-state index in [2.05, 4.69) is 35.3 Å². The maximum Gasteiger partial charge on any atom is 0.418 e. The molecule has 215 valence electrons. The van der Waals surface area contributed by atoms with Crippen molar-refractivity contribution in [3.8, 4) is 11.5 Å². The first-order valence-corrected chi connectivity index (χ1v) is 15.8. The molecule has 3 rings (SSSR count). The molecule has 0 unspecified atom stereocenters. The number of ether oxygens (including phenoxy) is 3. The molecule has 0 aliphatic heterocycles. The maximum atomic E-state index is 14.8. The van der Waals surface area contributed by atoms with Gasteiger partial charge in [0.05, 0.1) is 10.9 Å². The highest BCUT2D eigenvalue weighted by atomic mass is 28.3. The standard InChI is InChI=1S/C25H31F5N4O4Si/c1-36-9-5-7-32-24(35)33-16-12-18(26)22(19(27)13-16)38-20-6-8-31-23-21(20)17(25(28,29)30)14-34(23)15-37-10-11-39(2,3)4/h6,8,12-14H,5,7,9-11,15H2,1-4H3,(H2,32,33,35)/q-1. The van der Waals surface area contributed by atoms with E-state index in [0.717, 1.165) is 30.4 Å². The van der Waals surface area contributed by atoms with Crippen LogP contribution in [-0.2, 0) is 22.4 Å². The molecule has 0 radical (unpaired) electrons. The molecule has 0 saturated carbocycles. The summed E-state index contributed by atoms with van der Waals surface area (Å²) in [5.41, 5.74) is -1.41. The molecule has 0 atom stereocenters. The number of hydrogen-bond donors (Lipinski definition) is 2. The molecule has 0 saturated heterocycles. The number of hydrogen-bond acceptors (Lipinski definition) is 5. The van der Waals surface area contributed by atoms with Gasteiger partial charge in [-0.25, -0.2) is 18.6 Å². The highest BCUT2D eigenvalue weighted by Crippen LogP contribution is 2.42. The quantitative estimate of drug-likeness (QED) is 0.145. The van der Waals surface area contributed by atoms with Crippen LogP contribution in [0, 0.1) is 11.6 Å². The summed E-state index contributed by atoms with van der Waals surface area (Å²) in [7, 11) is 0.0987. The lowest BCUT2D eigenvalue weighted by molar-refractivity contribution is -0.136. The summed E-state index contributed by atoms with van der Waals surface area (Å²) in [6.07, 6.45) is -2.25.